The van der Waals surface area contributed by atoms with E-state index in [-0.39, 0.29) is 5.54 Å². The molecule has 1 saturated carbocycles. The second-order valence-electron chi connectivity index (χ2n) is 4.67. The Morgan fingerprint density at radius 1 is 1.27 bits per heavy atom. The van der Waals surface area contributed by atoms with E-state index in [1.54, 1.807) is 0 Å². The maximum Gasteiger partial charge on any atom is 0.231 e. The molecule has 1 aromatic rings. The third kappa shape index (κ3) is 1.57. The molecule has 2 N–H and O–H groups in total. The highest BCUT2D eigenvalue weighted by Gasteiger charge is 2.38. The summed E-state index contributed by atoms with van der Waals surface area (Å²) in [5.41, 5.74) is 8.71. The Hall–Kier alpha value is -1.22. The summed E-state index contributed by atoms with van der Waals surface area (Å²) in [6.07, 6.45) is 3.23. The van der Waals surface area contributed by atoms with E-state index < -0.39 is 0 Å². The molecule has 2 aliphatic rings. The fraction of sp³-hybridized carbons (Fsp3) is 0.500. The Bertz CT molecular complexity index is 410. The van der Waals surface area contributed by atoms with Crippen LogP contribution in [-0.2, 0) is 6.42 Å². The molecule has 0 unspecified atom stereocenters. The summed E-state index contributed by atoms with van der Waals surface area (Å²) in [6.45, 7) is 2.44. The van der Waals surface area contributed by atoms with Crippen LogP contribution in [0.5, 0.6) is 11.5 Å². The molecule has 3 heteroatoms. The molecule has 1 aliphatic heterocycles. The van der Waals surface area contributed by atoms with Gasteiger partial charge in [-0.1, -0.05) is 0 Å². The molecule has 0 saturated heterocycles. The first-order valence-electron chi connectivity index (χ1n) is 5.34. The smallest absolute Gasteiger partial charge is 0.231 e. The number of benzene rings is 1. The van der Waals surface area contributed by atoms with Gasteiger partial charge < -0.3 is 15.2 Å². The molecule has 3 nitrogen and oxygen atoms in total. The Morgan fingerprint density at radius 3 is 2.60 bits per heavy atom. The molecule has 0 atom stereocenters. The molecular formula is C12H15NO2. The molecular weight excluding hydrogens is 190 g/mol. The topological polar surface area (TPSA) is 44.5 Å². The largest absolute Gasteiger partial charge is 0.454 e. The van der Waals surface area contributed by atoms with Gasteiger partial charge in [0.2, 0.25) is 6.79 Å². The van der Waals surface area contributed by atoms with E-state index in [0.717, 1.165) is 30.8 Å². The average molecular weight is 205 g/mol. The monoisotopic (exact) mass is 205 g/mol. The Kier molecular flexibility index (Phi) is 1.74. The van der Waals surface area contributed by atoms with Crippen LogP contribution < -0.4 is 15.2 Å². The van der Waals surface area contributed by atoms with Gasteiger partial charge in [-0.3, -0.25) is 0 Å². The van der Waals surface area contributed by atoms with Crippen LogP contribution in [0.4, 0.5) is 0 Å². The number of aryl methyl sites for hydroxylation is 1. The van der Waals surface area contributed by atoms with Crippen LogP contribution in [0.2, 0.25) is 0 Å². The van der Waals surface area contributed by atoms with Crippen LogP contribution >= 0.6 is 0 Å². The lowest BCUT2D eigenvalue weighted by atomic mass is 9.99. The lowest BCUT2D eigenvalue weighted by Gasteiger charge is -2.12. The molecule has 0 amide bonds. The summed E-state index contributed by atoms with van der Waals surface area (Å²) in [7, 11) is 0. The van der Waals surface area contributed by atoms with E-state index in [0.29, 0.717) is 6.79 Å². The van der Waals surface area contributed by atoms with Crippen LogP contribution in [-0.4, -0.2) is 12.3 Å². The number of ether oxygens (including phenoxy) is 2. The van der Waals surface area contributed by atoms with Crippen molar-refractivity contribution in [1.29, 1.82) is 0 Å². The third-order valence-corrected chi connectivity index (χ3v) is 3.27. The molecule has 1 fully saturated rings. The highest BCUT2D eigenvalue weighted by atomic mass is 16.7. The molecule has 0 bridgehead atoms. The lowest BCUT2D eigenvalue weighted by Crippen LogP contribution is -2.24. The number of hydrogen-bond acceptors (Lipinski definition) is 3. The second-order valence-corrected chi connectivity index (χ2v) is 4.67. The van der Waals surface area contributed by atoms with E-state index in [9.17, 15) is 0 Å². The Labute approximate surface area is 89.2 Å². The van der Waals surface area contributed by atoms with Crippen molar-refractivity contribution in [3.05, 3.63) is 23.3 Å². The SMILES string of the molecule is Cc1cc2c(cc1CC1(N)CC1)OCO2. The van der Waals surface area contributed by atoms with E-state index in [4.69, 9.17) is 15.2 Å². The summed E-state index contributed by atoms with van der Waals surface area (Å²) in [4.78, 5) is 0. The highest BCUT2D eigenvalue weighted by molar-refractivity contribution is 5.49. The summed E-state index contributed by atoms with van der Waals surface area (Å²) in [5, 5.41) is 0. The Balaban J connectivity index is 1.94. The number of rotatable bonds is 2. The van der Waals surface area contributed by atoms with Crippen LogP contribution in [0.25, 0.3) is 0 Å². The third-order valence-electron chi connectivity index (χ3n) is 3.27. The summed E-state index contributed by atoms with van der Waals surface area (Å²) in [6, 6.07) is 4.12. The lowest BCUT2D eigenvalue weighted by molar-refractivity contribution is 0.174. The van der Waals surface area contributed by atoms with Crippen molar-refractivity contribution in [3.8, 4) is 11.5 Å². The van der Waals surface area contributed by atoms with E-state index in [1.165, 1.54) is 11.1 Å². The van der Waals surface area contributed by atoms with Gasteiger partial charge in [0.05, 0.1) is 0 Å². The van der Waals surface area contributed by atoms with E-state index in [2.05, 4.69) is 13.0 Å². The molecule has 1 aromatic carbocycles. The van der Waals surface area contributed by atoms with Gasteiger partial charge in [0, 0.05) is 5.54 Å². The van der Waals surface area contributed by atoms with Crippen molar-refractivity contribution >= 4 is 0 Å². The molecule has 1 aliphatic carbocycles. The van der Waals surface area contributed by atoms with Crippen molar-refractivity contribution < 1.29 is 9.47 Å². The second kappa shape index (κ2) is 2.89. The maximum atomic E-state index is 6.12. The molecule has 80 valence electrons. The van der Waals surface area contributed by atoms with Gasteiger partial charge in [0.1, 0.15) is 0 Å². The van der Waals surface area contributed by atoms with E-state index in [1.807, 2.05) is 6.07 Å². The first kappa shape index (κ1) is 9.04. The summed E-state index contributed by atoms with van der Waals surface area (Å²) < 4.78 is 10.7. The maximum absolute atomic E-state index is 6.12. The summed E-state index contributed by atoms with van der Waals surface area (Å²) >= 11 is 0. The van der Waals surface area contributed by atoms with Crippen molar-refractivity contribution in [2.45, 2.75) is 31.7 Å². The van der Waals surface area contributed by atoms with Gasteiger partial charge in [-0.15, -0.1) is 0 Å². The van der Waals surface area contributed by atoms with Gasteiger partial charge in [-0.2, -0.15) is 0 Å². The Morgan fingerprint density at radius 2 is 1.93 bits per heavy atom. The fourth-order valence-electron chi connectivity index (χ4n) is 1.99. The van der Waals surface area contributed by atoms with Crippen molar-refractivity contribution in [2.75, 3.05) is 6.79 Å². The molecule has 15 heavy (non-hydrogen) atoms. The van der Waals surface area contributed by atoms with Crippen molar-refractivity contribution in [3.63, 3.8) is 0 Å². The molecule has 1 heterocycles. The number of fused-ring (bicyclic) bond motifs is 1. The standard InChI is InChI=1S/C12H15NO2/c1-8-4-10-11(15-7-14-10)5-9(8)6-12(13)2-3-12/h4-5H,2-3,6-7,13H2,1H3. The quantitative estimate of drug-likeness (QED) is 0.800. The fourth-order valence-corrected chi connectivity index (χ4v) is 1.99. The van der Waals surface area contributed by atoms with Gasteiger partial charge in [-0.25, -0.2) is 0 Å². The molecule has 0 aromatic heterocycles. The minimum absolute atomic E-state index is 0.0540. The molecule has 0 spiro atoms. The van der Waals surface area contributed by atoms with Gasteiger partial charge in [0.25, 0.3) is 0 Å². The zero-order chi connectivity index (χ0) is 10.5. The zero-order valence-electron chi connectivity index (χ0n) is 8.88. The summed E-state index contributed by atoms with van der Waals surface area (Å²) in [5.74, 6) is 1.72. The first-order valence-corrected chi connectivity index (χ1v) is 5.34. The van der Waals surface area contributed by atoms with Crippen LogP contribution in [0.15, 0.2) is 12.1 Å². The van der Waals surface area contributed by atoms with Crippen molar-refractivity contribution in [2.24, 2.45) is 5.73 Å². The number of nitrogens with two attached hydrogens (primary N) is 1. The first-order chi connectivity index (χ1) is 7.16. The van der Waals surface area contributed by atoms with Crippen molar-refractivity contribution in [1.82, 2.24) is 0 Å². The minimum Gasteiger partial charge on any atom is -0.454 e. The number of hydrogen-bond donors (Lipinski definition) is 1. The normalized spacial score (nSPS) is 20.4. The molecule has 0 radical (unpaired) electrons. The highest BCUT2D eigenvalue weighted by Crippen LogP contribution is 2.40. The average Bonchev–Trinajstić information content (AvgIpc) is 2.74. The minimum atomic E-state index is 0.0540. The van der Waals surface area contributed by atoms with Crippen LogP contribution in [0, 0.1) is 6.92 Å². The van der Waals surface area contributed by atoms with Crippen LogP contribution in [0.1, 0.15) is 24.0 Å². The van der Waals surface area contributed by atoms with Gasteiger partial charge in [0.15, 0.2) is 11.5 Å². The predicted octanol–water partition coefficient (Wildman–Crippen LogP) is 1.76. The molecule has 3 rings (SSSR count). The predicted molar refractivity (Wildman–Crippen MR) is 57.2 cm³/mol. The van der Waals surface area contributed by atoms with E-state index >= 15 is 0 Å². The zero-order valence-corrected chi connectivity index (χ0v) is 8.88. The van der Waals surface area contributed by atoms with Crippen LogP contribution in [0.3, 0.4) is 0 Å². The van der Waals surface area contributed by atoms with Gasteiger partial charge in [-0.05, 0) is 49.4 Å². The van der Waals surface area contributed by atoms with Gasteiger partial charge >= 0.3 is 0 Å².